The van der Waals surface area contributed by atoms with Crippen molar-refractivity contribution in [2.45, 2.75) is 24.4 Å². The van der Waals surface area contributed by atoms with Crippen LogP contribution >= 0.6 is 0 Å². The van der Waals surface area contributed by atoms with Crippen molar-refractivity contribution in [3.05, 3.63) is 12.2 Å². The normalized spacial score (nSPS) is 39.7. The van der Waals surface area contributed by atoms with Crippen LogP contribution in [0, 0.1) is 5.92 Å². The molecule has 3 atom stereocenters. The fraction of sp³-hybridized carbons (Fsp3) is 0.556. The molecule has 0 heterocycles. The highest BCUT2D eigenvalue weighted by atomic mass is 16.1. The first-order valence-corrected chi connectivity index (χ1v) is 4.16. The van der Waals surface area contributed by atoms with Gasteiger partial charge in [-0.1, -0.05) is 12.2 Å². The Morgan fingerprint density at radius 1 is 1.38 bits per heavy atom. The van der Waals surface area contributed by atoms with Crippen molar-refractivity contribution in [3.63, 3.8) is 0 Å². The number of hydrogen-bond donors (Lipinski definition) is 0. The van der Waals surface area contributed by atoms with Crippen LogP contribution in [0.4, 0.5) is 0 Å². The van der Waals surface area contributed by atoms with E-state index in [1.54, 1.807) is 6.08 Å². The number of nitrogens with zero attached hydrogens (tertiary/aromatic N) is 2. The summed E-state index contributed by atoms with van der Waals surface area (Å²) in [6.45, 7) is 0. The molecule has 0 spiro atoms. The van der Waals surface area contributed by atoms with Gasteiger partial charge in [0.15, 0.2) is 0 Å². The minimum Gasteiger partial charge on any atom is -0.211 e. The van der Waals surface area contributed by atoms with E-state index in [0.717, 1.165) is 12.8 Å². The molecule has 0 aromatic carbocycles. The van der Waals surface area contributed by atoms with Crippen molar-refractivity contribution in [3.8, 4) is 0 Å². The van der Waals surface area contributed by atoms with E-state index in [1.807, 2.05) is 12.2 Å². The molecule has 0 aromatic rings. The Bertz CT molecular complexity index is 351. The molecule has 0 saturated heterocycles. The van der Waals surface area contributed by atoms with Crippen molar-refractivity contribution >= 4 is 12.2 Å². The molecule has 1 saturated carbocycles. The lowest BCUT2D eigenvalue weighted by molar-refractivity contribution is 0.473. The van der Waals surface area contributed by atoms with Gasteiger partial charge in [-0.25, -0.2) is 9.59 Å². The van der Waals surface area contributed by atoms with Gasteiger partial charge in [0.1, 0.15) is 5.54 Å². The number of carbonyl (C=O) groups excluding carboxylic acids is 2. The summed E-state index contributed by atoms with van der Waals surface area (Å²) in [5.74, 6) is 0.402. The van der Waals surface area contributed by atoms with Crippen molar-refractivity contribution in [1.82, 2.24) is 0 Å². The van der Waals surface area contributed by atoms with Gasteiger partial charge >= 0.3 is 0 Å². The smallest absolute Gasteiger partial charge is 0.211 e. The van der Waals surface area contributed by atoms with E-state index in [4.69, 9.17) is 0 Å². The highest BCUT2D eigenvalue weighted by Gasteiger charge is 2.49. The Balaban J connectivity index is 2.38. The van der Waals surface area contributed by atoms with Gasteiger partial charge in [0.25, 0.3) is 0 Å². The second kappa shape index (κ2) is 2.77. The molecule has 3 unspecified atom stereocenters. The minimum absolute atomic E-state index is 0.207. The average Bonchev–Trinajstić information content (AvgIpc) is 2.63. The third-order valence-electron chi connectivity index (χ3n) is 2.81. The van der Waals surface area contributed by atoms with Crippen LogP contribution in [0.15, 0.2) is 22.1 Å². The van der Waals surface area contributed by atoms with Crippen LogP contribution in [-0.4, -0.2) is 23.7 Å². The van der Waals surface area contributed by atoms with Gasteiger partial charge < -0.3 is 0 Å². The third-order valence-corrected chi connectivity index (χ3v) is 2.81. The second-order valence-electron chi connectivity index (χ2n) is 3.49. The molecule has 2 aliphatic carbocycles. The summed E-state index contributed by atoms with van der Waals surface area (Å²) in [7, 11) is 0. The monoisotopic (exact) mass is 176 g/mol. The Morgan fingerprint density at radius 2 is 2.23 bits per heavy atom. The van der Waals surface area contributed by atoms with Gasteiger partial charge in [-0.3, -0.25) is 0 Å². The standard InChI is InChI=1S/C9H8N2O2/c12-5-10-8-3-7-1-2-9(8,4-7)11-6-13/h1-2,7-8H,3-4H2. The first kappa shape index (κ1) is 8.11. The lowest BCUT2D eigenvalue weighted by Crippen LogP contribution is -2.31. The highest BCUT2D eigenvalue weighted by molar-refractivity contribution is 5.43. The Kier molecular flexibility index (Phi) is 1.73. The minimum atomic E-state index is -0.580. The summed E-state index contributed by atoms with van der Waals surface area (Å²) in [5, 5.41) is 0. The Labute approximate surface area is 75.1 Å². The summed E-state index contributed by atoms with van der Waals surface area (Å²) in [6.07, 6.45) is 8.53. The molecule has 0 amide bonds. The largest absolute Gasteiger partial charge is 0.235 e. The van der Waals surface area contributed by atoms with E-state index in [9.17, 15) is 9.59 Å². The van der Waals surface area contributed by atoms with Gasteiger partial charge in [-0.2, -0.15) is 9.98 Å². The summed E-state index contributed by atoms with van der Waals surface area (Å²) < 4.78 is 0. The van der Waals surface area contributed by atoms with Gasteiger partial charge in [-0.05, 0) is 18.8 Å². The van der Waals surface area contributed by atoms with Crippen LogP contribution in [0.1, 0.15) is 12.8 Å². The fourth-order valence-electron chi connectivity index (χ4n) is 2.23. The molecule has 2 rings (SSSR count). The molecule has 1 fully saturated rings. The molecular formula is C9H8N2O2. The number of isocyanates is 2. The average molecular weight is 176 g/mol. The molecular weight excluding hydrogens is 168 g/mol. The van der Waals surface area contributed by atoms with E-state index < -0.39 is 5.54 Å². The zero-order valence-corrected chi connectivity index (χ0v) is 6.93. The Morgan fingerprint density at radius 3 is 2.85 bits per heavy atom. The van der Waals surface area contributed by atoms with Gasteiger partial charge in [0, 0.05) is 0 Å². The molecule has 4 nitrogen and oxygen atoms in total. The zero-order chi connectivity index (χ0) is 9.31. The molecule has 2 bridgehead atoms. The van der Waals surface area contributed by atoms with Gasteiger partial charge in [0.05, 0.1) is 6.04 Å². The zero-order valence-electron chi connectivity index (χ0n) is 6.93. The third kappa shape index (κ3) is 1.08. The molecule has 2 aliphatic rings. The number of fused-ring (bicyclic) bond motifs is 2. The summed E-state index contributed by atoms with van der Waals surface area (Å²) in [6, 6.07) is -0.207. The number of allylic oxidation sites excluding steroid dienone is 1. The highest BCUT2D eigenvalue weighted by Crippen LogP contribution is 2.46. The van der Waals surface area contributed by atoms with Crippen molar-refractivity contribution in [2.24, 2.45) is 15.9 Å². The van der Waals surface area contributed by atoms with E-state index >= 15 is 0 Å². The molecule has 4 heteroatoms. The van der Waals surface area contributed by atoms with Crippen LogP contribution in [-0.2, 0) is 9.59 Å². The van der Waals surface area contributed by atoms with E-state index in [2.05, 4.69) is 9.98 Å². The van der Waals surface area contributed by atoms with Crippen LogP contribution < -0.4 is 0 Å². The molecule has 13 heavy (non-hydrogen) atoms. The maximum Gasteiger partial charge on any atom is 0.235 e. The molecule has 0 aromatic heterocycles. The second-order valence-corrected chi connectivity index (χ2v) is 3.49. The Hall–Kier alpha value is -1.50. The van der Waals surface area contributed by atoms with Crippen LogP contribution in [0.3, 0.4) is 0 Å². The maximum absolute atomic E-state index is 10.2. The first-order chi connectivity index (χ1) is 6.30. The van der Waals surface area contributed by atoms with E-state index in [0.29, 0.717) is 5.92 Å². The van der Waals surface area contributed by atoms with Crippen molar-refractivity contribution in [1.29, 1.82) is 0 Å². The predicted octanol–water partition coefficient (Wildman–Crippen LogP) is 0.745. The topological polar surface area (TPSA) is 58.9 Å². The van der Waals surface area contributed by atoms with Gasteiger partial charge in [-0.15, -0.1) is 0 Å². The SMILES string of the molecule is O=C=NC1CC2C=CC1(N=C=O)C2. The summed E-state index contributed by atoms with van der Waals surface area (Å²) >= 11 is 0. The summed E-state index contributed by atoms with van der Waals surface area (Å²) in [5.41, 5.74) is -0.580. The number of rotatable bonds is 2. The number of hydrogen-bond acceptors (Lipinski definition) is 4. The van der Waals surface area contributed by atoms with E-state index in [1.165, 1.54) is 6.08 Å². The predicted molar refractivity (Wildman–Crippen MR) is 44.6 cm³/mol. The van der Waals surface area contributed by atoms with Crippen molar-refractivity contribution in [2.75, 3.05) is 0 Å². The first-order valence-electron chi connectivity index (χ1n) is 4.16. The van der Waals surface area contributed by atoms with Crippen LogP contribution in [0.25, 0.3) is 0 Å². The molecule has 66 valence electrons. The lowest BCUT2D eigenvalue weighted by Gasteiger charge is -2.21. The van der Waals surface area contributed by atoms with Crippen LogP contribution in [0.2, 0.25) is 0 Å². The van der Waals surface area contributed by atoms with Crippen LogP contribution in [0.5, 0.6) is 0 Å². The van der Waals surface area contributed by atoms with Crippen molar-refractivity contribution < 1.29 is 9.59 Å². The quantitative estimate of drug-likeness (QED) is 0.354. The maximum atomic E-state index is 10.2. The lowest BCUT2D eigenvalue weighted by atomic mass is 9.95. The fourth-order valence-corrected chi connectivity index (χ4v) is 2.23. The van der Waals surface area contributed by atoms with E-state index in [-0.39, 0.29) is 6.04 Å². The molecule has 0 aliphatic heterocycles. The molecule has 0 radical (unpaired) electrons. The molecule has 0 N–H and O–H groups in total. The summed E-state index contributed by atoms with van der Waals surface area (Å²) in [4.78, 5) is 27.8. The number of aliphatic imine (C=N–C) groups is 2. The van der Waals surface area contributed by atoms with Gasteiger partial charge in [0.2, 0.25) is 12.2 Å².